The average molecular weight is 773 g/mol. The first-order valence-corrected chi connectivity index (χ1v) is 19.4. The monoisotopic (exact) mass is 772 g/mol. The Hall–Kier alpha value is -6.90. The van der Waals surface area contributed by atoms with Crippen molar-refractivity contribution in [2.45, 2.75) is 16.2 Å². The zero-order valence-electron chi connectivity index (χ0n) is 28.8. The number of ketones is 2. The van der Waals surface area contributed by atoms with Crippen LogP contribution in [0.3, 0.4) is 0 Å². The fourth-order valence-electron chi connectivity index (χ4n) is 5.78. The largest absolute Gasteiger partial charge is 0.350 e. The number of hydrogen-bond donors (Lipinski definition) is 2. The molecule has 0 aromatic heterocycles. The molecule has 4 N–H and O–H groups in total. The number of nitrogens with zero attached hydrogens (tertiary/aromatic N) is 2. The first-order chi connectivity index (χ1) is 26.3. The molecule has 14 heteroatoms. The molecule has 0 saturated heterocycles. The number of amides is 4. The van der Waals surface area contributed by atoms with Crippen molar-refractivity contribution in [2.24, 2.45) is 11.5 Å². The van der Waals surface area contributed by atoms with Gasteiger partial charge in [-0.2, -0.15) is 8.61 Å². The summed E-state index contributed by atoms with van der Waals surface area (Å²) in [4.78, 5) is 50.0. The lowest BCUT2D eigenvalue weighted by molar-refractivity contribution is 0.103. The first-order valence-electron chi connectivity index (χ1n) is 16.5. The molecule has 6 rings (SSSR count). The average Bonchev–Trinajstić information content (AvgIpc) is 3.19. The molecule has 0 heterocycles. The Bertz CT molecular complexity index is 2420. The summed E-state index contributed by atoms with van der Waals surface area (Å²) >= 11 is 0. The highest BCUT2D eigenvalue weighted by molar-refractivity contribution is 7.94. The van der Waals surface area contributed by atoms with E-state index in [1.54, 1.807) is 84.9 Å². The molecular formula is C41H32N4O8S2. The fourth-order valence-corrected chi connectivity index (χ4v) is 8.44. The predicted molar refractivity (Wildman–Crippen MR) is 207 cm³/mol. The first kappa shape index (κ1) is 37.8. The fraction of sp³-hybridized carbons (Fsp3) is 0.0244. The number of hydrogen-bond acceptors (Lipinski definition) is 8. The van der Waals surface area contributed by atoms with Gasteiger partial charge in [0.15, 0.2) is 11.6 Å². The molecule has 0 aliphatic rings. The van der Waals surface area contributed by atoms with Crippen molar-refractivity contribution in [3.05, 3.63) is 191 Å². The number of carbonyl (C=O) groups is 4. The van der Waals surface area contributed by atoms with Gasteiger partial charge in [-0.1, -0.05) is 84.9 Å². The standard InChI is InChI=1S/C41H32N4O8S2/c42-40(48)44(54(50,51)36-23-15-32(16-24-36)38(46)30-7-3-1-4-8-30)34-19-11-28(12-20-34)27-29-13-21-35(22-14-29)45(41(43)49)55(52,53)37-25-17-33(18-26-37)39(47)31-9-5-2-6-10-31/h1-26H,27H2,(H2,42,48)(H2,43,49). The summed E-state index contributed by atoms with van der Waals surface area (Å²) in [5.74, 6) is -0.589. The second-order valence-corrected chi connectivity index (χ2v) is 15.7. The van der Waals surface area contributed by atoms with Gasteiger partial charge in [0, 0.05) is 22.3 Å². The molecule has 0 atom stereocenters. The summed E-state index contributed by atoms with van der Waals surface area (Å²) in [6.07, 6.45) is 0.307. The number of sulfonamides is 2. The van der Waals surface area contributed by atoms with Gasteiger partial charge in [-0.3, -0.25) is 9.59 Å². The number of carbonyl (C=O) groups excluding carboxylic acids is 4. The van der Waals surface area contributed by atoms with E-state index in [-0.39, 0.29) is 43.9 Å². The maximum atomic E-state index is 13.5. The Morgan fingerprint density at radius 1 is 0.400 bits per heavy atom. The number of rotatable bonds is 12. The van der Waals surface area contributed by atoms with E-state index in [1.807, 2.05) is 0 Å². The molecule has 12 nitrogen and oxygen atoms in total. The highest BCUT2D eigenvalue weighted by atomic mass is 32.2. The van der Waals surface area contributed by atoms with E-state index in [1.165, 1.54) is 72.8 Å². The zero-order chi connectivity index (χ0) is 39.3. The minimum atomic E-state index is -4.46. The van der Waals surface area contributed by atoms with E-state index in [0.29, 0.717) is 37.3 Å². The van der Waals surface area contributed by atoms with Gasteiger partial charge in [0.25, 0.3) is 20.0 Å². The molecule has 0 aliphatic heterocycles. The second kappa shape index (κ2) is 15.6. The van der Waals surface area contributed by atoms with Gasteiger partial charge in [0.05, 0.1) is 21.2 Å². The second-order valence-electron chi connectivity index (χ2n) is 12.2. The molecule has 4 amide bonds. The van der Waals surface area contributed by atoms with Gasteiger partial charge in [0.2, 0.25) is 0 Å². The van der Waals surface area contributed by atoms with Gasteiger partial charge in [-0.05, 0) is 90.3 Å². The predicted octanol–water partition coefficient (Wildman–Crippen LogP) is 6.29. The molecule has 0 aliphatic carbocycles. The van der Waals surface area contributed by atoms with E-state index in [2.05, 4.69) is 0 Å². The van der Waals surface area contributed by atoms with Crippen LogP contribution in [0, 0.1) is 0 Å². The lowest BCUT2D eigenvalue weighted by Crippen LogP contribution is -2.40. The molecule has 0 spiro atoms. The van der Waals surface area contributed by atoms with Crippen LogP contribution in [0.4, 0.5) is 21.0 Å². The van der Waals surface area contributed by atoms with Crippen molar-refractivity contribution < 1.29 is 36.0 Å². The van der Waals surface area contributed by atoms with Crippen LogP contribution in [0.15, 0.2) is 168 Å². The van der Waals surface area contributed by atoms with Gasteiger partial charge >= 0.3 is 12.1 Å². The molecule has 55 heavy (non-hydrogen) atoms. The van der Waals surface area contributed by atoms with E-state index in [0.717, 1.165) is 0 Å². The molecule has 276 valence electrons. The van der Waals surface area contributed by atoms with Gasteiger partial charge in [-0.15, -0.1) is 0 Å². The normalized spacial score (nSPS) is 11.3. The van der Waals surface area contributed by atoms with Crippen molar-refractivity contribution in [1.29, 1.82) is 0 Å². The summed E-state index contributed by atoms with van der Waals surface area (Å²) in [5.41, 5.74) is 13.8. The van der Waals surface area contributed by atoms with Crippen molar-refractivity contribution in [1.82, 2.24) is 0 Å². The Kier molecular flexibility index (Phi) is 10.7. The number of anilines is 2. The molecule has 0 unspecified atom stereocenters. The van der Waals surface area contributed by atoms with Crippen LogP contribution in [0.1, 0.15) is 43.0 Å². The molecule has 6 aromatic rings. The van der Waals surface area contributed by atoms with E-state index < -0.39 is 32.1 Å². The Morgan fingerprint density at radius 3 is 0.982 bits per heavy atom. The van der Waals surface area contributed by atoms with Crippen LogP contribution < -0.4 is 20.1 Å². The SMILES string of the molecule is NC(=O)N(c1ccc(Cc2ccc(N(C(N)=O)S(=O)(=O)c3ccc(C(=O)c4ccccc4)cc3)cc2)cc1)S(=O)(=O)c1ccc(C(=O)c2ccccc2)cc1. The van der Waals surface area contributed by atoms with Gasteiger partial charge in [-0.25, -0.2) is 26.4 Å². The summed E-state index contributed by atoms with van der Waals surface area (Å²) < 4.78 is 55.1. The molecule has 0 radical (unpaired) electrons. The van der Waals surface area contributed by atoms with Crippen LogP contribution in [0.5, 0.6) is 0 Å². The Labute approximate surface area is 317 Å². The number of primary amides is 2. The Morgan fingerprint density at radius 2 is 0.691 bits per heavy atom. The Balaban J connectivity index is 1.16. The summed E-state index contributed by atoms with van der Waals surface area (Å²) in [5, 5.41) is 0. The van der Waals surface area contributed by atoms with E-state index in [9.17, 15) is 36.0 Å². The molecule has 0 bridgehead atoms. The maximum absolute atomic E-state index is 13.5. The van der Waals surface area contributed by atoms with Gasteiger partial charge < -0.3 is 11.5 Å². The molecule has 0 fully saturated rings. The highest BCUT2D eigenvalue weighted by Gasteiger charge is 2.31. The minimum Gasteiger partial charge on any atom is -0.350 e. The van der Waals surface area contributed by atoms with Crippen LogP contribution in [0.25, 0.3) is 0 Å². The third kappa shape index (κ3) is 8.05. The van der Waals surface area contributed by atoms with Crippen molar-refractivity contribution in [2.75, 3.05) is 8.61 Å². The number of urea groups is 2. The van der Waals surface area contributed by atoms with Crippen molar-refractivity contribution in [3.8, 4) is 0 Å². The number of nitrogens with two attached hydrogens (primary N) is 2. The summed E-state index contributed by atoms with van der Waals surface area (Å²) in [6.45, 7) is 0. The van der Waals surface area contributed by atoms with E-state index >= 15 is 0 Å². The van der Waals surface area contributed by atoms with Gasteiger partial charge in [0.1, 0.15) is 0 Å². The quantitative estimate of drug-likeness (QED) is 0.136. The topological polar surface area (TPSA) is 195 Å². The van der Waals surface area contributed by atoms with Crippen LogP contribution in [-0.2, 0) is 26.5 Å². The number of benzene rings is 6. The summed E-state index contributed by atoms with van der Waals surface area (Å²) in [7, 11) is -8.92. The third-order valence-electron chi connectivity index (χ3n) is 8.53. The summed E-state index contributed by atoms with van der Waals surface area (Å²) in [6, 6.07) is 37.0. The van der Waals surface area contributed by atoms with Crippen LogP contribution in [-0.4, -0.2) is 40.5 Å². The van der Waals surface area contributed by atoms with Crippen LogP contribution >= 0.6 is 0 Å². The lowest BCUT2D eigenvalue weighted by atomic mass is 10.0. The maximum Gasteiger partial charge on any atom is 0.333 e. The minimum absolute atomic E-state index is 0.0178. The lowest BCUT2D eigenvalue weighted by Gasteiger charge is -2.21. The third-order valence-corrected chi connectivity index (χ3v) is 12.0. The molecular weight excluding hydrogens is 741 g/mol. The van der Waals surface area contributed by atoms with Crippen molar-refractivity contribution >= 4 is 55.1 Å². The molecule has 0 saturated carbocycles. The highest BCUT2D eigenvalue weighted by Crippen LogP contribution is 2.28. The molecule has 6 aromatic carbocycles. The van der Waals surface area contributed by atoms with E-state index in [4.69, 9.17) is 11.5 Å². The smallest absolute Gasteiger partial charge is 0.333 e. The van der Waals surface area contributed by atoms with Crippen LogP contribution in [0.2, 0.25) is 0 Å². The zero-order valence-corrected chi connectivity index (χ0v) is 30.5. The van der Waals surface area contributed by atoms with Crippen molar-refractivity contribution in [3.63, 3.8) is 0 Å².